The van der Waals surface area contributed by atoms with E-state index in [1.807, 2.05) is 60.7 Å². The number of carbonyl (C=O) groups is 2. The molecule has 196 valence electrons. The second kappa shape index (κ2) is 10.2. The standard InChI is InChI=1S/C31H32ClN3O2S/c1-2-24-17-26-28(38-24)18-27-29(36)35(19-21-11-9-10-16-25(21)32)31(20-34(26)27,22-12-5-3-6-13-22)30(37)33-23-14-7-4-8-15-23/h3,5-6,9-13,16-18,23H,2,4,7-8,14-15,19-20H2,1H3,(H,33,37)/t31-/m0/s1. The molecule has 1 aliphatic carbocycles. The third-order valence-corrected chi connectivity index (χ3v) is 9.74. The molecule has 6 rings (SSSR count). The minimum Gasteiger partial charge on any atom is -0.351 e. The van der Waals surface area contributed by atoms with Crippen molar-refractivity contribution in [2.24, 2.45) is 0 Å². The van der Waals surface area contributed by atoms with Gasteiger partial charge in [-0.15, -0.1) is 11.3 Å². The molecule has 1 N–H and O–H groups in total. The van der Waals surface area contributed by atoms with Gasteiger partial charge in [-0.25, -0.2) is 0 Å². The third-order valence-electron chi connectivity index (χ3n) is 8.15. The van der Waals surface area contributed by atoms with Gasteiger partial charge >= 0.3 is 0 Å². The van der Waals surface area contributed by atoms with E-state index in [2.05, 4.69) is 22.9 Å². The lowest BCUT2D eigenvalue weighted by molar-refractivity contribution is -0.136. The van der Waals surface area contributed by atoms with E-state index >= 15 is 0 Å². The maximum atomic E-state index is 14.6. The number of aromatic nitrogens is 1. The predicted octanol–water partition coefficient (Wildman–Crippen LogP) is 6.92. The third kappa shape index (κ3) is 4.24. The maximum Gasteiger partial charge on any atom is 0.272 e. The fourth-order valence-corrected chi connectivity index (χ4v) is 7.32. The van der Waals surface area contributed by atoms with Gasteiger partial charge in [0.2, 0.25) is 0 Å². The minimum absolute atomic E-state index is 0.116. The van der Waals surface area contributed by atoms with Crippen molar-refractivity contribution < 1.29 is 9.59 Å². The topological polar surface area (TPSA) is 54.3 Å². The summed E-state index contributed by atoms with van der Waals surface area (Å²) in [4.78, 5) is 32.1. The van der Waals surface area contributed by atoms with Gasteiger partial charge in [0, 0.05) is 22.5 Å². The number of amides is 2. The number of thiophene rings is 1. The average Bonchev–Trinajstić information content (AvgIpc) is 3.50. The van der Waals surface area contributed by atoms with Gasteiger partial charge in [0.1, 0.15) is 5.69 Å². The molecule has 0 saturated heterocycles. The molecule has 2 aromatic carbocycles. The summed E-state index contributed by atoms with van der Waals surface area (Å²) in [5, 5.41) is 3.98. The van der Waals surface area contributed by atoms with E-state index in [-0.39, 0.29) is 24.4 Å². The van der Waals surface area contributed by atoms with Crippen molar-refractivity contribution in [3.05, 3.63) is 93.5 Å². The lowest BCUT2D eigenvalue weighted by atomic mass is 9.83. The highest BCUT2D eigenvalue weighted by Gasteiger charge is 2.53. The van der Waals surface area contributed by atoms with Crippen LogP contribution in [0.1, 0.15) is 65.5 Å². The van der Waals surface area contributed by atoms with Crippen molar-refractivity contribution >= 4 is 45.0 Å². The van der Waals surface area contributed by atoms with Gasteiger partial charge in [-0.05, 0) is 48.6 Å². The van der Waals surface area contributed by atoms with Crippen LogP contribution in [0, 0.1) is 0 Å². The van der Waals surface area contributed by atoms with Crippen LogP contribution < -0.4 is 5.32 Å². The summed E-state index contributed by atoms with van der Waals surface area (Å²) in [5.41, 5.74) is 2.06. The molecule has 38 heavy (non-hydrogen) atoms. The average molecular weight is 546 g/mol. The van der Waals surface area contributed by atoms with Crippen LogP contribution in [-0.2, 0) is 29.8 Å². The number of carbonyl (C=O) groups excluding carboxylic acids is 2. The molecule has 5 nitrogen and oxygen atoms in total. The molecule has 0 spiro atoms. The molecular weight excluding hydrogens is 514 g/mol. The number of halogens is 1. The summed E-state index contributed by atoms with van der Waals surface area (Å²) in [5.74, 6) is -0.269. The van der Waals surface area contributed by atoms with Crippen molar-refractivity contribution in [3.63, 3.8) is 0 Å². The highest BCUT2D eigenvalue weighted by Crippen LogP contribution is 2.42. The zero-order valence-electron chi connectivity index (χ0n) is 21.6. The second-order valence-corrected chi connectivity index (χ2v) is 12.0. The molecule has 3 heterocycles. The van der Waals surface area contributed by atoms with E-state index in [1.165, 1.54) is 11.3 Å². The molecule has 7 heteroatoms. The van der Waals surface area contributed by atoms with Crippen LogP contribution in [0.2, 0.25) is 5.02 Å². The second-order valence-electron chi connectivity index (χ2n) is 10.4. The van der Waals surface area contributed by atoms with E-state index in [0.29, 0.717) is 17.3 Å². The Morgan fingerprint density at radius 1 is 1.05 bits per heavy atom. The summed E-state index contributed by atoms with van der Waals surface area (Å²) in [6, 6.07) is 21.7. The Hall–Kier alpha value is -3.09. The van der Waals surface area contributed by atoms with Crippen molar-refractivity contribution in [2.75, 3.05) is 0 Å². The van der Waals surface area contributed by atoms with Crippen LogP contribution in [0.3, 0.4) is 0 Å². The first-order valence-electron chi connectivity index (χ1n) is 13.5. The fraction of sp³-hybridized carbons (Fsp3) is 0.355. The Labute approximate surface area is 232 Å². The smallest absolute Gasteiger partial charge is 0.272 e. The highest BCUT2D eigenvalue weighted by molar-refractivity contribution is 7.19. The van der Waals surface area contributed by atoms with Gasteiger partial charge in [0.05, 0.1) is 16.8 Å². The van der Waals surface area contributed by atoms with E-state index in [9.17, 15) is 9.59 Å². The van der Waals surface area contributed by atoms with E-state index < -0.39 is 5.54 Å². The van der Waals surface area contributed by atoms with Gasteiger partial charge in [-0.1, -0.05) is 86.3 Å². The van der Waals surface area contributed by atoms with Gasteiger partial charge in [-0.2, -0.15) is 0 Å². The van der Waals surface area contributed by atoms with Crippen molar-refractivity contribution in [2.45, 2.75) is 70.1 Å². The summed E-state index contributed by atoms with van der Waals surface area (Å²) in [6.07, 6.45) is 6.31. The number of hydrogen-bond donors (Lipinski definition) is 1. The van der Waals surface area contributed by atoms with Crippen molar-refractivity contribution in [3.8, 4) is 0 Å². The van der Waals surface area contributed by atoms with Crippen LogP contribution >= 0.6 is 22.9 Å². The zero-order chi connectivity index (χ0) is 26.3. The predicted molar refractivity (Wildman–Crippen MR) is 154 cm³/mol. The molecule has 1 saturated carbocycles. The van der Waals surface area contributed by atoms with Crippen LogP contribution in [0.4, 0.5) is 0 Å². The highest BCUT2D eigenvalue weighted by atomic mass is 35.5. The van der Waals surface area contributed by atoms with E-state index in [4.69, 9.17) is 11.6 Å². The van der Waals surface area contributed by atoms with Gasteiger partial charge in [0.15, 0.2) is 5.54 Å². The van der Waals surface area contributed by atoms with Crippen LogP contribution in [-0.4, -0.2) is 27.3 Å². The molecule has 4 aromatic rings. The largest absolute Gasteiger partial charge is 0.351 e. The summed E-state index contributed by atoms with van der Waals surface area (Å²) in [7, 11) is 0. The Balaban J connectivity index is 1.54. The first-order chi connectivity index (χ1) is 18.5. The molecule has 2 amide bonds. The zero-order valence-corrected chi connectivity index (χ0v) is 23.2. The van der Waals surface area contributed by atoms with Crippen LogP contribution in [0.15, 0.2) is 66.7 Å². The lowest BCUT2D eigenvalue weighted by Crippen LogP contribution is -2.64. The number of fused-ring (bicyclic) bond motifs is 3. The first-order valence-corrected chi connectivity index (χ1v) is 14.7. The quantitative estimate of drug-likeness (QED) is 0.286. The number of rotatable bonds is 6. The Kier molecular flexibility index (Phi) is 6.79. The van der Waals surface area contributed by atoms with Gasteiger partial charge in [0.25, 0.3) is 11.8 Å². The van der Waals surface area contributed by atoms with Crippen LogP contribution in [0.25, 0.3) is 10.2 Å². The number of nitrogens with zero attached hydrogens (tertiary/aromatic N) is 2. The molecule has 2 aliphatic rings. The molecule has 0 bridgehead atoms. The van der Waals surface area contributed by atoms with Crippen molar-refractivity contribution in [1.82, 2.24) is 14.8 Å². The Morgan fingerprint density at radius 2 is 1.79 bits per heavy atom. The monoisotopic (exact) mass is 545 g/mol. The van der Waals surface area contributed by atoms with E-state index in [0.717, 1.165) is 53.4 Å². The SMILES string of the molecule is CCc1cc2c(cc3n2C[C@@](C(=O)NC2CCCCC2)(c2ccccc2)N(Cc2ccccc2Cl)C3=O)s1. The van der Waals surface area contributed by atoms with Crippen LogP contribution in [0.5, 0.6) is 0 Å². The van der Waals surface area contributed by atoms with Crippen molar-refractivity contribution in [1.29, 1.82) is 0 Å². The summed E-state index contributed by atoms with van der Waals surface area (Å²) >= 11 is 8.32. The lowest BCUT2D eigenvalue weighted by Gasteiger charge is -2.47. The number of nitrogens with one attached hydrogen (secondary N) is 1. The maximum absolute atomic E-state index is 14.6. The molecule has 1 aliphatic heterocycles. The number of benzene rings is 2. The molecule has 1 atom stereocenters. The molecular formula is C31H32ClN3O2S. The van der Waals surface area contributed by atoms with Gasteiger partial charge in [-0.3, -0.25) is 9.59 Å². The summed E-state index contributed by atoms with van der Waals surface area (Å²) < 4.78 is 3.16. The first kappa shape index (κ1) is 25.2. The molecule has 2 aromatic heterocycles. The Bertz CT molecular complexity index is 1490. The Morgan fingerprint density at radius 3 is 2.53 bits per heavy atom. The van der Waals surface area contributed by atoms with Gasteiger partial charge < -0.3 is 14.8 Å². The van der Waals surface area contributed by atoms with E-state index in [1.54, 1.807) is 16.2 Å². The molecule has 1 fully saturated rings. The molecule has 0 unspecified atom stereocenters. The number of aryl methyl sites for hydroxylation is 1. The minimum atomic E-state index is -1.22. The normalized spacial score (nSPS) is 20.1. The molecule has 0 radical (unpaired) electrons. The summed E-state index contributed by atoms with van der Waals surface area (Å²) in [6.45, 7) is 2.74. The fourth-order valence-electron chi connectivity index (χ4n) is 6.08. The number of hydrogen-bond acceptors (Lipinski definition) is 3.